The standard InChI is InChI=1S/C12H13NO3S2/c1-9-7-12(17-11(9)8-14)18(15,16)13-10-5-3-2-4-6-10/h2-7,13-14H,8H2,1H3. The van der Waals surface area contributed by atoms with Crippen LogP contribution in [0.5, 0.6) is 0 Å². The molecule has 0 atom stereocenters. The van der Waals surface area contributed by atoms with Crippen molar-refractivity contribution < 1.29 is 13.5 Å². The first-order chi connectivity index (χ1) is 8.53. The third-order valence-electron chi connectivity index (χ3n) is 2.43. The summed E-state index contributed by atoms with van der Waals surface area (Å²) in [6, 6.07) is 10.3. The summed E-state index contributed by atoms with van der Waals surface area (Å²) in [7, 11) is -3.57. The van der Waals surface area contributed by atoms with Crippen molar-refractivity contribution in [3.63, 3.8) is 0 Å². The van der Waals surface area contributed by atoms with E-state index in [1.807, 2.05) is 6.07 Å². The molecule has 18 heavy (non-hydrogen) atoms. The molecule has 0 saturated carbocycles. The largest absolute Gasteiger partial charge is 0.391 e. The zero-order valence-corrected chi connectivity index (χ0v) is 11.4. The zero-order valence-electron chi connectivity index (χ0n) is 9.75. The Morgan fingerprint density at radius 2 is 1.94 bits per heavy atom. The average molecular weight is 283 g/mol. The van der Waals surface area contributed by atoms with Crippen LogP contribution in [0.25, 0.3) is 0 Å². The minimum absolute atomic E-state index is 0.142. The molecular weight excluding hydrogens is 270 g/mol. The summed E-state index contributed by atoms with van der Waals surface area (Å²) in [5.41, 5.74) is 1.31. The Hall–Kier alpha value is -1.37. The smallest absolute Gasteiger partial charge is 0.271 e. The van der Waals surface area contributed by atoms with E-state index in [0.717, 1.165) is 16.9 Å². The van der Waals surface area contributed by atoms with Crippen LogP contribution >= 0.6 is 11.3 Å². The molecule has 2 N–H and O–H groups in total. The van der Waals surface area contributed by atoms with Gasteiger partial charge in [-0.15, -0.1) is 11.3 Å². The number of anilines is 1. The number of rotatable bonds is 4. The van der Waals surface area contributed by atoms with Crippen LogP contribution in [0.15, 0.2) is 40.6 Å². The van der Waals surface area contributed by atoms with Gasteiger partial charge in [0, 0.05) is 10.6 Å². The number of sulfonamides is 1. The number of aliphatic hydroxyl groups is 1. The van der Waals surface area contributed by atoms with Crippen molar-refractivity contribution in [2.24, 2.45) is 0 Å². The Morgan fingerprint density at radius 3 is 2.50 bits per heavy atom. The minimum Gasteiger partial charge on any atom is -0.391 e. The molecule has 0 spiro atoms. The van der Waals surface area contributed by atoms with E-state index in [1.54, 1.807) is 37.3 Å². The van der Waals surface area contributed by atoms with Crippen LogP contribution in [-0.2, 0) is 16.6 Å². The summed E-state index contributed by atoms with van der Waals surface area (Å²) in [4.78, 5) is 0.670. The molecule has 96 valence electrons. The van der Waals surface area contributed by atoms with Crippen molar-refractivity contribution in [1.29, 1.82) is 0 Å². The highest BCUT2D eigenvalue weighted by atomic mass is 32.2. The predicted octanol–water partition coefficient (Wildman–Crippen LogP) is 2.35. The number of benzene rings is 1. The molecule has 0 aliphatic rings. The van der Waals surface area contributed by atoms with Crippen LogP contribution in [0.2, 0.25) is 0 Å². The maximum absolute atomic E-state index is 12.1. The van der Waals surface area contributed by atoms with E-state index in [0.29, 0.717) is 10.6 Å². The van der Waals surface area contributed by atoms with E-state index in [-0.39, 0.29) is 10.8 Å². The summed E-state index contributed by atoms with van der Waals surface area (Å²) in [5.74, 6) is 0. The maximum atomic E-state index is 12.1. The van der Waals surface area contributed by atoms with Crippen molar-refractivity contribution in [2.75, 3.05) is 4.72 Å². The van der Waals surface area contributed by atoms with Gasteiger partial charge < -0.3 is 5.11 Å². The SMILES string of the molecule is Cc1cc(S(=O)(=O)Nc2ccccc2)sc1CO. The van der Waals surface area contributed by atoms with Gasteiger partial charge in [-0.2, -0.15) is 0 Å². The van der Waals surface area contributed by atoms with Crippen molar-refractivity contribution in [1.82, 2.24) is 0 Å². The highest BCUT2D eigenvalue weighted by Gasteiger charge is 2.18. The van der Waals surface area contributed by atoms with E-state index in [2.05, 4.69) is 4.72 Å². The fourth-order valence-corrected chi connectivity index (χ4v) is 4.00. The monoisotopic (exact) mass is 283 g/mol. The van der Waals surface area contributed by atoms with Gasteiger partial charge in [0.15, 0.2) is 0 Å². The minimum atomic E-state index is -3.57. The Kier molecular flexibility index (Phi) is 3.70. The van der Waals surface area contributed by atoms with Crippen LogP contribution in [0, 0.1) is 6.92 Å². The molecule has 6 heteroatoms. The van der Waals surface area contributed by atoms with E-state index < -0.39 is 10.0 Å². The number of hydrogen-bond acceptors (Lipinski definition) is 4. The molecule has 0 bridgehead atoms. The van der Waals surface area contributed by atoms with Crippen LogP contribution in [0.3, 0.4) is 0 Å². The second-order valence-corrected chi connectivity index (χ2v) is 6.85. The fourth-order valence-electron chi connectivity index (χ4n) is 1.49. The van der Waals surface area contributed by atoms with Crippen molar-refractivity contribution in [2.45, 2.75) is 17.7 Å². The third kappa shape index (κ3) is 2.72. The molecule has 1 aromatic carbocycles. The van der Waals surface area contributed by atoms with Crippen LogP contribution in [-0.4, -0.2) is 13.5 Å². The fraction of sp³-hybridized carbons (Fsp3) is 0.167. The Bertz CT molecular complexity index is 633. The normalized spacial score (nSPS) is 11.4. The Balaban J connectivity index is 2.31. The molecule has 0 saturated heterocycles. The second-order valence-electron chi connectivity index (χ2n) is 3.80. The Labute approximate surface area is 110 Å². The maximum Gasteiger partial charge on any atom is 0.271 e. The molecule has 1 heterocycles. The third-order valence-corrected chi connectivity index (χ3v) is 5.51. The number of aryl methyl sites for hydroxylation is 1. The van der Waals surface area contributed by atoms with Gasteiger partial charge >= 0.3 is 0 Å². The van der Waals surface area contributed by atoms with Crippen molar-refractivity contribution in [3.8, 4) is 0 Å². The highest BCUT2D eigenvalue weighted by Crippen LogP contribution is 2.27. The number of hydrogen-bond donors (Lipinski definition) is 2. The quantitative estimate of drug-likeness (QED) is 0.905. The number of thiophene rings is 1. The molecule has 0 fully saturated rings. The van der Waals surface area contributed by atoms with E-state index >= 15 is 0 Å². The van der Waals surface area contributed by atoms with E-state index in [9.17, 15) is 8.42 Å². The summed E-state index contributed by atoms with van der Waals surface area (Å²) in [6.45, 7) is 1.64. The molecule has 2 rings (SSSR count). The molecule has 0 aliphatic carbocycles. The molecule has 4 nitrogen and oxygen atoms in total. The lowest BCUT2D eigenvalue weighted by Crippen LogP contribution is -2.11. The van der Waals surface area contributed by atoms with Crippen molar-refractivity contribution >= 4 is 27.0 Å². The van der Waals surface area contributed by atoms with Crippen LogP contribution < -0.4 is 4.72 Å². The van der Waals surface area contributed by atoms with Gasteiger partial charge in [-0.3, -0.25) is 4.72 Å². The first-order valence-corrected chi connectivity index (χ1v) is 7.61. The lowest BCUT2D eigenvalue weighted by atomic mass is 10.3. The van der Waals surface area contributed by atoms with Gasteiger partial charge in [0.1, 0.15) is 4.21 Å². The van der Waals surface area contributed by atoms with Gasteiger partial charge in [0.2, 0.25) is 0 Å². The van der Waals surface area contributed by atoms with E-state index in [4.69, 9.17) is 5.11 Å². The first kappa shape index (κ1) is 13.1. The summed E-state index contributed by atoms with van der Waals surface area (Å²) >= 11 is 1.09. The summed E-state index contributed by atoms with van der Waals surface area (Å²) in [5, 5.41) is 9.08. The zero-order chi connectivity index (χ0) is 13.2. The van der Waals surface area contributed by atoms with Crippen molar-refractivity contribution in [3.05, 3.63) is 46.8 Å². The van der Waals surface area contributed by atoms with Gasteiger partial charge in [0.05, 0.1) is 6.61 Å². The Morgan fingerprint density at radius 1 is 1.28 bits per heavy atom. The molecular formula is C12H13NO3S2. The molecule has 0 amide bonds. The van der Waals surface area contributed by atoms with Gasteiger partial charge in [-0.1, -0.05) is 18.2 Å². The van der Waals surface area contributed by atoms with Crippen LogP contribution in [0.4, 0.5) is 5.69 Å². The topological polar surface area (TPSA) is 66.4 Å². The lowest BCUT2D eigenvalue weighted by Gasteiger charge is -2.05. The highest BCUT2D eigenvalue weighted by molar-refractivity contribution is 7.94. The average Bonchev–Trinajstić information content (AvgIpc) is 2.72. The first-order valence-electron chi connectivity index (χ1n) is 5.31. The molecule has 0 unspecified atom stereocenters. The molecule has 1 aromatic heterocycles. The van der Waals surface area contributed by atoms with Gasteiger partial charge in [-0.25, -0.2) is 8.42 Å². The van der Waals surface area contributed by atoms with E-state index in [1.165, 1.54) is 0 Å². The number of nitrogens with one attached hydrogen (secondary N) is 1. The predicted molar refractivity (Wildman–Crippen MR) is 72.2 cm³/mol. The van der Waals surface area contributed by atoms with Crippen LogP contribution in [0.1, 0.15) is 10.4 Å². The second kappa shape index (κ2) is 5.09. The van der Waals surface area contributed by atoms with Gasteiger partial charge in [0.25, 0.3) is 10.0 Å². The molecule has 2 aromatic rings. The molecule has 0 aliphatic heterocycles. The lowest BCUT2D eigenvalue weighted by molar-refractivity contribution is 0.285. The molecule has 0 radical (unpaired) electrons. The summed E-state index contributed by atoms with van der Waals surface area (Å²) in [6.07, 6.45) is 0. The van der Waals surface area contributed by atoms with Gasteiger partial charge in [-0.05, 0) is 30.7 Å². The summed E-state index contributed by atoms with van der Waals surface area (Å²) < 4.78 is 26.9. The number of para-hydroxylation sites is 1. The number of aliphatic hydroxyl groups excluding tert-OH is 1.